The summed E-state index contributed by atoms with van der Waals surface area (Å²) in [6.07, 6.45) is 0. The molecule has 0 radical (unpaired) electrons. The van der Waals surface area contributed by atoms with E-state index in [1.165, 1.54) is 11.8 Å². The fraction of sp³-hybridized carbons (Fsp3) is 0.150. The molecule has 4 aromatic rings. The minimum Gasteiger partial charge on any atom is -0.438 e. The third kappa shape index (κ3) is 3.56. The molecular weight excluding hydrogens is 378 g/mol. The standard InChI is InChI=1S/C20H17N3O2S2/c1-11-12(2)27-20-17(11)19(22-18(23-20)16-8-5-9-26-16)25-15-7-4-6-14(10-15)21-13(3)24/h4-10H,1-3H3,(H,21,24). The molecule has 27 heavy (non-hydrogen) atoms. The first-order chi connectivity index (χ1) is 13.0. The van der Waals surface area contributed by atoms with Gasteiger partial charge in [0.1, 0.15) is 10.6 Å². The van der Waals surface area contributed by atoms with E-state index in [0.29, 0.717) is 23.1 Å². The van der Waals surface area contributed by atoms with Crippen molar-refractivity contribution in [1.82, 2.24) is 9.97 Å². The van der Waals surface area contributed by atoms with Crippen LogP contribution in [0.5, 0.6) is 11.6 Å². The number of anilines is 1. The Morgan fingerprint density at radius 2 is 2.00 bits per heavy atom. The summed E-state index contributed by atoms with van der Waals surface area (Å²) in [6, 6.07) is 11.3. The number of carbonyl (C=O) groups excluding carboxylic acids is 1. The quantitative estimate of drug-likeness (QED) is 0.475. The van der Waals surface area contributed by atoms with E-state index in [9.17, 15) is 4.79 Å². The highest BCUT2D eigenvalue weighted by molar-refractivity contribution is 7.18. The Labute approximate surface area is 164 Å². The van der Waals surface area contributed by atoms with E-state index < -0.39 is 0 Å². The Balaban J connectivity index is 1.81. The number of rotatable bonds is 4. The number of aryl methyl sites for hydroxylation is 2. The van der Waals surface area contributed by atoms with Crippen LogP contribution in [0.1, 0.15) is 17.4 Å². The van der Waals surface area contributed by atoms with Crippen LogP contribution in [0.4, 0.5) is 5.69 Å². The molecule has 0 bridgehead atoms. The number of hydrogen-bond acceptors (Lipinski definition) is 6. The van der Waals surface area contributed by atoms with Crippen LogP contribution in [0, 0.1) is 13.8 Å². The smallest absolute Gasteiger partial charge is 0.231 e. The number of thiophene rings is 2. The molecule has 1 aromatic carbocycles. The molecule has 0 fully saturated rings. The fourth-order valence-corrected chi connectivity index (χ4v) is 4.43. The molecule has 1 N–H and O–H groups in total. The summed E-state index contributed by atoms with van der Waals surface area (Å²) >= 11 is 3.24. The number of fused-ring (bicyclic) bond motifs is 1. The van der Waals surface area contributed by atoms with E-state index >= 15 is 0 Å². The molecule has 0 unspecified atom stereocenters. The largest absolute Gasteiger partial charge is 0.438 e. The van der Waals surface area contributed by atoms with Gasteiger partial charge in [0.25, 0.3) is 0 Å². The van der Waals surface area contributed by atoms with Gasteiger partial charge < -0.3 is 10.1 Å². The highest BCUT2D eigenvalue weighted by atomic mass is 32.1. The normalized spacial score (nSPS) is 10.9. The maximum Gasteiger partial charge on any atom is 0.231 e. The summed E-state index contributed by atoms with van der Waals surface area (Å²) in [5.74, 6) is 1.68. The van der Waals surface area contributed by atoms with E-state index in [0.717, 1.165) is 20.7 Å². The van der Waals surface area contributed by atoms with Crippen LogP contribution in [0.25, 0.3) is 20.9 Å². The van der Waals surface area contributed by atoms with Gasteiger partial charge in [-0.15, -0.1) is 22.7 Å². The first kappa shape index (κ1) is 17.6. The monoisotopic (exact) mass is 395 g/mol. The van der Waals surface area contributed by atoms with Crippen LogP contribution in [-0.2, 0) is 4.79 Å². The Morgan fingerprint density at radius 1 is 1.15 bits per heavy atom. The molecule has 136 valence electrons. The zero-order valence-corrected chi connectivity index (χ0v) is 16.7. The van der Waals surface area contributed by atoms with E-state index in [-0.39, 0.29) is 5.91 Å². The summed E-state index contributed by atoms with van der Waals surface area (Å²) in [5, 5.41) is 5.71. The first-order valence-electron chi connectivity index (χ1n) is 8.38. The van der Waals surface area contributed by atoms with Crippen LogP contribution >= 0.6 is 22.7 Å². The van der Waals surface area contributed by atoms with Gasteiger partial charge in [-0.25, -0.2) is 4.98 Å². The maximum atomic E-state index is 11.3. The third-order valence-electron chi connectivity index (χ3n) is 4.11. The molecule has 0 atom stereocenters. The van der Waals surface area contributed by atoms with E-state index in [1.54, 1.807) is 28.7 Å². The Hall–Kier alpha value is -2.77. The van der Waals surface area contributed by atoms with Crippen molar-refractivity contribution in [2.45, 2.75) is 20.8 Å². The minimum atomic E-state index is -0.124. The predicted molar refractivity (Wildman–Crippen MR) is 111 cm³/mol. The van der Waals surface area contributed by atoms with Gasteiger partial charge in [-0.2, -0.15) is 4.98 Å². The average Bonchev–Trinajstić information content (AvgIpc) is 3.24. The second-order valence-corrected chi connectivity index (χ2v) is 8.26. The van der Waals surface area contributed by atoms with E-state index in [2.05, 4.69) is 19.2 Å². The fourth-order valence-electron chi connectivity index (χ4n) is 2.75. The van der Waals surface area contributed by atoms with Crippen molar-refractivity contribution in [1.29, 1.82) is 0 Å². The lowest BCUT2D eigenvalue weighted by molar-refractivity contribution is -0.114. The van der Waals surface area contributed by atoms with Gasteiger partial charge in [0.15, 0.2) is 5.82 Å². The molecule has 3 heterocycles. The average molecular weight is 396 g/mol. The summed E-state index contributed by atoms with van der Waals surface area (Å²) in [4.78, 5) is 23.9. The molecule has 5 nitrogen and oxygen atoms in total. The van der Waals surface area contributed by atoms with Crippen molar-refractivity contribution in [3.8, 4) is 22.3 Å². The van der Waals surface area contributed by atoms with Crippen LogP contribution < -0.4 is 10.1 Å². The molecule has 0 saturated carbocycles. The molecule has 0 aliphatic carbocycles. The van der Waals surface area contributed by atoms with Crippen molar-refractivity contribution in [2.75, 3.05) is 5.32 Å². The van der Waals surface area contributed by atoms with Gasteiger partial charge in [0.2, 0.25) is 11.8 Å². The van der Waals surface area contributed by atoms with Crippen LogP contribution in [0.3, 0.4) is 0 Å². The van der Waals surface area contributed by atoms with Crippen LogP contribution in [-0.4, -0.2) is 15.9 Å². The molecule has 4 rings (SSSR count). The van der Waals surface area contributed by atoms with Gasteiger partial charge in [-0.3, -0.25) is 4.79 Å². The third-order valence-corrected chi connectivity index (χ3v) is 6.07. The molecule has 0 aliphatic heterocycles. The van der Waals surface area contributed by atoms with Crippen molar-refractivity contribution >= 4 is 44.5 Å². The molecule has 0 spiro atoms. The first-order valence-corrected chi connectivity index (χ1v) is 10.1. The lowest BCUT2D eigenvalue weighted by atomic mass is 10.2. The number of nitrogens with one attached hydrogen (secondary N) is 1. The van der Waals surface area contributed by atoms with Crippen molar-refractivity contribution < 1.29 is 9.53 Å². The topological polar surface area (TPSA) is 64.1 Å². The summed E-state index contributed by atoms with van der Waals surface area (Å²) in [7, 11) is 0. The maximum absolute atomic E-state index is 11.3. The highest BCUT2D eigenvalue weighted by Crippen LogP contribution is 2.38. The van der Waals surface area contributed by atoms with Gasteiger partial charge in [0.05, 0.1) is 10.3 Å². The Kier molecular flexibility index (Phi) is 4.63. The molecule has 0 saturated heterocycles. The van der Waals surface area contributed by atoms with E-state index in [1.807, 2.05) is 35.7 Å². The number of nitrogens with zero attached hydrogens (tertiary/aromatic N) is 2. The summed E-state index contributed by atoms with van der Waals surface area (Å²) in [6.45, 7) is 5.61. The number of aromatic nitrogens is 2. The molecule has 0 aliphatic rings. The molecule has 7 heteroatoms. The lowest BCUT2D eigenvalue weighted by Gasteiger charge is -2.10. The van der Waals surface area contributed by atoms with Crippen molar-refractivity contribution in [3.63, 3.8) is 0 Å². The van der Waals surface area contributed by atoms with Gasteiger partial charge >= 0.3 is 0 Å². The van der Waals surface area contributed by atoms with Crippen molar-refractivity contribution in [2.24, 2.45) is 0 Å². The number of hydrogen-bond donors (Lipinski definition) is 1. The van der Waals surface area contributed by atoms with Gasteiger partial charge in [0, 0.05) is 23.6 Å². The van der Waals surface area contributed by atoms with E-state index in [4.69, 9.17) is 14.7 Å². The minimum absolute atomic E-state index is 0.124. The van der Waals surface area contributed by atoms with Crippen LogP contribution in [0.15, 0.2) is 41.8 Å². The number of ether oxygens (including phenoxy) is 1. The zero-order chi connectivity index (χ0) is 19.0. The second kappa shape index (κ2) is 7.09. The second-order valence-electron chi connectivity index (χ2n) is 6.10. The SMILES string of the molecule is CC(=O)Nc1cccc(Oc2nc(-c3cccs3)nc3sc(C)c(C)c23)c1. The summed E-state index contributed by atoms with van der Waals surface area (Å²) < 4.78 is 6.16. The van der Waals surface area contributed by atoms with Gasteiger partial charge in [-0.05, 0) is 43.0 Å². The van der Waals surface area contributed by atoms with Crippen LogP contribution in [0.2, 0.25) is 0 Å². The predicted octanol–water partition coefficient (Wildman–Crippen LogP) is 5.79. The van der Waals surface area contributed by atoms with Gasteiger partial charge in [-0.1, -0.05) is 12.1 Å². The number of carbonyl (C=O) groups is 1. The molecule has 1 amide bonds. The number of benzene rings is 1. The Bertz CT molecular complexity index is 1130. The van der Waals surface area contributed by atoms with Crippen molar-refractivity contribution in [3.05, 3.63) is 52.2 Å². The highest BCUT2D eigenvalue weighted by Gasteiger charge is 2.17. The lowest BCUT2D eigenvalue weighted by Crippen LogP contribution is -2.05. The molecule has 3 aromatic heterocycles. The Morgan fingerprint density at radius 3 is 2.74 bits per heavy atom. The number of amides is 1. The molecular formula is C20H17N3O2S2. The zero-order valence-electron chi connectivity index (χ0n) is 15.1. The summed E-state index contributed by atoms with van der Waals surface area (Å²) in [5.41, 5.74) is 1.81.